The second kappa shape index (κ2) is 7.54. The summed E-state index contributed by atoms with van der Waals surface area (Å²) in [4.78, 5) is 13.4. The number of hydrogen-bond acceptors (Lipinski definition) is 2. The van der Waals surface area contributed by atoms with Gasteiger partial charge in [0, 0.05) is 11.4 Å². The van der Waals surface area contributed by atoms with Gasteiger partial charge in [-0.1, -0.05) is 54.1 Å². The highest BCUT2D eigenvalue weighted by atomic mass is 32.2. The molecular weight excluding hydrogens is 314 g/mol. The molecule has 3 aromatic carbocycles. The van der Waals surface area contributed by atoms with Crippen molar-refractivity contribution in [2.24, 2.45) is 0 Å². The van der Waals surface area contributed by atoms with Crippen LogP contribution in [-0.2, 0) is 11.3 Å². The molecule has 0 fully saturated rings. The van der Waals surface area contributed by atoms with Crippen LogP contribution in [-0.4, -0.2) is 11.2 Å². The van der Waals surface area contributed by atoms with Gasteiger partial charge in [-0.2, -0.15) is 0 Å². The van der Waals surface area contributed by atoms with Crippen molar-refractivity contribution in [3.63, 3.8) is 0 Å². The van der Waals surface area contributed by atoms with Crippen molar-refractivity contribution in [2.75, 3.05) is 0 Å². The lowest BCUT2D eigenvalue weighted by Crippen LogP contribution is -2.30. The van der Waals surface area contributed by atoms with Gasteiger partial charge in [0.1, 0.15) is 0 Å². The summed E-state index contributed by atoms with van der Waals surface area (Å²) in [6.07, 6.45) is 0. The maximum Gasteiger partial charge on any atom is 0.233 e. The molecule has 0 spiro atoms. The molecule has 0 saturated carbocycles. The highest BCUT2D eigenvalue weighted by Crippen LogP contribution is 2.23. The first kappa shape index (κ1) is 16.6. The monoisotopic (exact) mass is 335 g/mol. The Morgan fingerprint density at radius 2 is 1.71 bits per heavy atom. The highest BCUT2D eigenvalue weighted by Gasteiger charge is 2.14. The molecule has 0 radical (unpaired) electrons. The first-order valence-electron chi connectivity index (χ1n) is 8.10. The molecule has 0 bridgehead atoms. The van der Waals surface area contributed by atoms with Crippen LogP contribution in [0.25, 0.3) is 10.8 Å². The fourth-order valence-electron chi connectivity index (χ4n) is 2.56. The zero-order valence-corrected chi connectivity index (χ0v) is 14.8. The van der Waals surface area contributed by atoms with Crippen LogP contribution in [0.1, 0.15) is 18.1 Å². The van der Waals surface area contributed by atoms with Crippen LogP contribution in [0.3, 0.4) is 0 Å². The zero-order valence-electron chi connectivity index (χ0n) is 14.0. The highest BCUT2D eigenvalue weighted by molar-refractivity contribution is 8.00. The number of benzene rings is 3. The minimum Gasteiger partial charge on any atom is -0.351 e. The van der Waals surface area contributed by atoms with Gasteiger partial charge in [0.15, 0.2) is 0 Å². The quantitative estimate of drug-likeness (QED) is 0.669. The summed E-state index contributed by atoms with van der Waals surface area (Å²) in [5.41, 5.74) is 2.35. The van der Waals surface area contributed by atoms with E-state index in [2.05, 4.69) is 66.8 Å². The Hall–Kier alpha value is -2.26. The van der Waals surface area contributed by atoms with Crippen LogP contribution in [0.2, 0.25) is 0 Å². The molecule has 2 nitrogen and oxygen atoms in total. The third-order valence-electron chi connectivity index (χ3n) is 3.98. The number of carbonyl (C=O) groups excluding carboxylic acids is 1. The first-order chi connectivity index (χ1) is 11.6. The third-order valence-corrected chi connectivity index (χ3v) is 5.10. The van der Waals surface area contributed by atoms with Crippen LogP contribution >= 0.6 is 11.8 Å². The minimum atomic E-state index is -0.117. The van der Waals surface area contributed by atoms with E-state index in [0.717, 1.165) is 10.5 Å². The predicted molar refractivity (Wildman–Crippen MR) is 102 cm³/mol. The Bertz CT molecular complexity index is 842. The van der Waals surface area contributed by atoms with Crippen molar-refractivity contribution in [1.82, 2.24) is 5.32 Å². The van der Waals surface area contributed by atoms with Gasteiger partial charge in [-0.3, -0.25) is 4.79 Å². The van der Waals surface area contributed by atoms with Gasteiger partial charge in [-0.25, -0.2) is 0 Å². The molecule has 0 aromatic heterocycles. The standard InChI is InChI=1S/C21H21NOS/c1-15-7-11-20(12-8-15)24-16(2)21(23)22-14-17-9-10-18-5-3-4-6-19(18)13-17/h3-13,16H,14H2,1-2H3,(H,22,23)/t16-/m0/s1. The van der Waals surface area contributed by atoms with E-state index in [1.807, 2.05) is 19.1 Å². The molecule has 1 amide bonds. The average Bonchev–Trinajstić information content (AvgIpc) is 2.61. The van der Waals surface area contributed by atoms with E-state index in [9.17, 15) is 4.79 Å². The number of thioether (sulfide) groups is 1. The Morgan fingerprint density at radius 1 is 1.00 bits per heavy atom. The van der Waals surface area contributed by atoms with Crippen molar-refractivity contribution in [3.05, 3.63) is 77.9 Å². The molecule has 3 rings (SSSR count). The Morgan fingerprint density at radius 3 is 2.46 bits per heavy atom. The lowest BCUT2D eigenvalue weighted by atomic mass is 10.1. The maximum atomic E-state index is 12.3. The summed E-state index contributed by atoms with van der Waals surface area (Å²) in [6, 6.07) is 22.8. The summed E-state index contributed by atoms with van der Waals surface area (Å²) < 4.78 is 0. The summed E-state index contributed by atoms with van der Waals surface area (Å²) in [5.74, 6) is 0.0636. The van der Waals surface area contributed by atoms with Gasteiger partial charge in [0.25, 0.3) is 0 Å². The molecule has 0 aliphatic rings. The van der Waals surface area contributed by atoms with E-state index in [1.54, 1.807) is 11.8 Å². The van der Waals surface area contributed by atoms with Gasteiger partial charge in [-0.05, 0) is 48.4 Å². The van der Waals surface area contributed by atoms with Gasteiger partial charge >= 0.3 is 0 Å². The number of rotatable bonds is 5. The molecule has 122 valence electrons. The second-order valence-electron chi connectivity index (χ2n) is 5.97. The van der Waals surface area contributed by atoms with Crippen molar-refractivity contribution in [3.8, 4) is 0 Å². The smallest absolute Gasteiger partial charge is 0.233 e. The molecular formula is C21H21NOS. The van der Waals surface area contributed by atoms with E-state index in [-0.39, 0.29) is 11.2 Å². The molecule has 0 unspecified atom stereocenters. The van der Waals surface area contributed by atoms with Crippen molar-refractivity contribution >= 4 is 28.4 Å². The molecule has 0 aliphatic heterocycles. The third kappa shape index (κ3) is 4.18. The minimum absolute atomic E-state index is 0.0636. The number of aryl methyl sites for hydroxylation is 1. The molecule has 1 N–H and O–H groups in total. The SMILES string of the molecule is Cc1ccc(S[C@@H](C)C(=O)NCc2ccc3ccccc3c2)cc1. The van der Waals surface area contributed by atoms with E-state index >= 15 is 0 Å². The van der Waals surface area contributed by atoms with Crippen LogP contribution in [0.15, 0.2) is 71.6 Å². The normalized spacial score (nSPS) is 12.1. The fourth-order valence-corrected chi connectivity index (χ4v) is 3.45. The number of nitrogens with one attached hydrogen (secondary N) is 1. The Labute approximate surface area is 147 Å². The predicted octanol–water partition coefficient (Wildman–Crippen LogP) is 4.95. The lowest BCUT2D eigenvalue weighted by Gasteiger charge is -2.12. The molecule has 0 saturated heterocycles. The van der Waals surface area contributed by atoms with Crippen molar-refractivity contribution in [2.45, 2.75) is 30.5 Å². The maximum absolute atomic E-state index is 12.3. The molecule has 24 heavy (non-hydrogen) atoms. The van der Waals surface area contributed by atoms with Gasteiger partial charge in [-0.15, -0.1) is 11.8 Å². The van der Waals surface area contributed by atoms with Crippen molar-refractivity contribution in [1.29, 1.82) is 0 Å². The largest absolute Gasteiger partial charge is 0.351 e. The van der Waals surface area contributed by atoms with E-state index in [4.69, 9.17) is 0 Å². The summed E-state index contributed by atoms with van der Waals surface area (Å²) in [6.45, 7) is 4.57. The number of hydrogen-bond donors (Lipinski definition) is 1. The van der Waals surface area contributed by atoms with Crippen molar-refractivity contribution < 1.29 is 4.79 Å². The van der Waals surface area contributed by atoms with Gasteiger partial charge in [0.2, 0.25) is 5.91 Å². The Balaban J connectivity index is 1.58. The molecule has 0 heterocycles. The number of fused-ring (bicyclic) bond motifs is 1. The molecule has 0 aliphatic carbocycles. The van der Waals surface area contributed by atoms with E-state index in [1.165, 1.54) is 16.3 Å². The Kier molecular flexibility index (Phi) is 5.21. The van der Waals surface area contributed by atoms with Crippen LogP contribution in [0.4, 0.5) is 0 Å². The van der Waals surface area contributed by atoms with E-state index in [0.29, 0.717) is 6.54 Å². The van der Waals surface area contributed by atoms with Gasteiger partial charge < -0.3 is 5.32 Å². The second-order valence-corrected chi connectivity index (χ2v) is 7.39. The van der Waals surface area contributed by atoms with Crippen LogP contribution in [0.5, 0.6) is 0 Å². The van der Waals surface area contributed by atoms with Crippen LogP contribution < -0.4 is 5.32 Å². The average molecular weight is 335 g/mol. The molecule has 3 aromatic rings. The lowest BCUT2D eigenvalue weighted by molar-refractivity contribution is -0.120. The topological polar surface area (TPSA) is 29.1 Å². The first-order valence-corrected chi connectivity index (χ1v) is 8.98. The summed E-state index contributed by atoms with van der Waals surface area (Å²) in [5, 5.41) is 5.34. The fraction of sp³-hybridized carbons (Fsp3) is 0.190. The summed E-state index contributed by atoms with van der Waals surface area (Å²) in [7, 11) is 0. The number of amides is 1. The van der Waals surface area contributed by atoms with Crippen LogP contribution in [0, 0.1) is 6.92 Å². The molecule has 1 atom stereocenters. The number of carbonyl (C=O) groups is 1. The summed E-state index contributed by atoms with van der Waals surface area (Å²) >= 11 is 1.59. The zero-order chi connectivity index (χ0) is 16.9. The van der Waals surface area contributed by atoms with E-state index < -0.39 is 0 Å². The van der Waals surface area contributed by atoms with Gasteiger partial charge in [0.05, 0.1) is 5.25 Å². The molecule has 3 heteroatoms.